The first-order chi connectivity index (χ1) is 22.4. The molecule has 1 saturated heterocycles. The van der Waals surface area contributed by atoms with Crippen molar-refractivity contribution < 1.29 is 14.4 Å². The minimum atomic E-state index is -0.773. The highest BCUT2D eigenvalue weighted by Crippen LogP contribution is 2.30. The zero-order chi connectivity index (χ0) is 36.0. The molecule has 8 heteroatoms. The van der Waals surface area contributed by atoms with Crippen LogP contribution in [0.3, 0.4) is 0 Å². The van der Waals surface area contributed by atoms with E-state index in [4.69, 9.17) is 0 Å². The fourth-order valence-electron chi connectivity index (χ4n) is 6.63. The average molecular weight is 660 g/mol. The van der Waals surface area contributed by atoms with Crippen molar-refractivity contribution in [3.8, 4) is 0 Å². The van der Waals surface area contributed by atoms with Crippen LogP contribution in [0.1, 0.15) is 77.6 Å². The van der Waals surface area contributed by atoms with Gasteiger partial charge in [-0.2, -0.15) is 0 Å². The highest BCUT2D eigenvalue weighted by atomic mass is 16.2. The fourth-order valence-corrected chi connectivity index (χ4v) is 6.63. The number of hydrogen-bond donors (Lipinski definition) is 2. The average Bonchev–Trinajstić information content (AvgIpc) is 3.03. The molecule has 1 heterocycles. The molecule has 1 aliphatic rings. The number of nitrogens with one attached hydrogen (secondary N) is 2. The van der Waals surface area contributed by atoms with E-state index >= 15 is 0 Å². The maximum absolute atomic E-state index is 14.3. The molecule has 2 aromatic rings. The Hall–Kier alpha value is -3.49. The first-order valence-electron chi connectivity index (χ1n) is 17.4. The van der Waals surface area contributed by atoms with Crippen molar-refractivity contribution in [1.82, 2.24) is 25.3 Å². The summed E-state index contributed by atoms with van der Waals surface area (Å²) in [7, 11) is 3.57. The molecule has 3 rings (SSSR count). The molecule has 2 N–H and O–H groups in total. The van der Waals surface area contributed by atoms with Crippen molar-refractivity contribution in [2.45, 2.75) is 99.3 Å². The Morgan fingerprint density at radius 3 is 2.02 bits per heavy atom. The molecule has 2 aromatic carbocycles. The van der Waals surface area contributed by atoms with Crippen LogP contribution >= 0.6 is 0 Å². The maximum Gasteiger partial charge on any atom is 0.249 e. The largest absolute Gasteiger partial charge is 0.342 e. The van der Waals surface area contributed by atoms with Crippen molar-refractivity contribution in [2.24, 2.45) is 11.3 Å². The zero-order valence-corrected chi connectivity index (χ0v) is 31.6. The van der Waals surface area contributed by atoms with Gasteiger partial charge in [0.05, 0.1) is 12.1 Å². The lowest BCUT2D eigenvalue weighted by Gasteiger charge is -2.40. The van der Waals surface area contributed by atoms with Crippen LogP contribution < -0.4 is 10.6 Å². The molecular weight excluding hydrogens is 598 g/mol. The topological polar surface area (TPSA) is 85.0 Å². The second-order valence-corrected chi connectivity index (χ2v) is 15.6. The summed E-state index contributed by atoms with van der Waals surface area (Å²) < 4.78 is 0. The van der Waals surface area contributed by atoms with E-state index in [2.05, 4.69) is 99.5 Å². The molecule has 48 heavy (non-hydrogen) atoms. The van der Waals surface area contributed by atoms with E-state index in [1.807, 2.05) is 44.7 Å². The van der Waals surface area contributed by atoms with Gasteiger partial charge in [0.15, 0.2) is 0 Å². The second-order valence-electron chi connectivity index (χ2n) is 15.6. The molecule has 0 radical (unpaired) electrons. The van der Waals surface area contributed by atoms with Crippen molar-refractivity contribution >= 4 is 17.7 Å². The predicted molar refractivity (Wildman–Crippen MR) is 197 cm³/mol. The number of hydrogen-bond acceptors (Lipinski definition) is 5. The second kappa shape index (κ2) is 16.3. The minimum absolute atomic E-state index is 0.00645. The number of carbonyl (C=O) groups excluding carboxylic acids is 3. The highest BCUT2D eigenvalue weighted by molar-refractivity contribution is 5.94. The monoisotopic (exact) mass is 659 g/mol. The van der Waals surface area contributed by atoms with E-state index in [0.29, 0.717) is 18.7 Å². The number of rotatable bonds is 12. The summed E-state index contributed by atoms with van der Waals surface area (Å²) >= 11 is 0. The summed E-state index contributed by atoms with van der Waals surface area (Å²) in [5.41, 5.74) is 4.24. The van der Waals surface area contributed by atoms with Gasteiger partial charge in [-0.3, -0.25) is 19.3 Å². The van der Waals surface area contributed by atoms with Gasteiger partial charge < -0.3 is 20.4 Å². The molecule has 1 fully saturated rings. The third-order valence-electron chi connectivity index (χ3n) is 10.1. The van der Waals surface area contributed by atoms with Crippen molar-refractivity contribution in [3.63, 3.8) is 0 Å². The van der Waals surface area contributed by atoms with Gasteiger partial charge in [0.2, 0.25) is 17.7 Å². The molecule has 0 bridgehead atoms. The molecule has 1 aliphatic heterocycles. The van der Waals surface area contributed by atoms with Crippen LogP contribution in [0.5, 0.6) is 0 Å². The number of benzene rings is 2. The van der Waals surface area contributed by atoms with E-state index in [1.165, 1.54) is 16.7 Å². The number of piperazine rings is 1. The van der Waals surface area contributed by atoms with Gasteiger partial charge in [-0.05, 0) is 61.4 Å². The molecule has 0 unspecified atom stereocenters. The van der Waals surface area contributed by atoms with Crippen LogP contribution in [0.4, 0.5) is 0 Å². The number of amides is 3. The van der Waals surface area contributed by atoms with Gasteiger partial charge in [-0.15, -0.1) is 0 Å². The zero-order valence-electron chi connectivity index (χ0n) is 31.6. The minimum Gasteiger partial charge on any atom is -0.342 e. The van der Waals surface area contributed by atoms with E-state index < -0.39 is 22.9 Å². The van der Waals surface area contributed by atoms with Gasteiger partial charge in [0.1, 0.15) is 6.04 Å². The number of likely N-dealkylation sites (N-methyl/N-ethyl adjacent to an activating group) is 2. The summed E-state index contributed by atoms with van der Waals surface area (Å²) in [4.78, 5) is 47.9. The normalized spacial score (nSPS) is 16.8. The van der Waals surface area contributed by atoms with Gasteiger partial charge >= 0.3 is 0 Å². The number of nitrogens with zero attached hydrogens (tertiary/aromatic N) is 3. The quantitative estimate of drug-likeness (QED) is 0.295. The lowest BCUT2D eigenvalue weighted by Crippen LogP contribution is -2.61. The molecule has 0 saturated carbocycles. The third kappa shape index (κ3) is 9.56. The standard InChI is InChI=1S/C40H61N5O3/c1-27(2)33(25-30(5)37(47)45-22-20-44(21-23-45)26-31-16-14-13-15-17-31)43(12)38(48)35(39(6,7)8)42-36(46)34(41-11)40(9,10)32-19-18-28(3)29(4)24-32/h13-19,24-25,27,33-35,41H,20-23,26H2,1-12H3,(H,42,46)/t33-,34+,35-/m1/s1. The highest BCUT2D eigenvalue weighted by Gasteiger charge is 2.42. The molecule has 0 aromatic heterocycles. The molecule has 264 valence electrons. The molecule has 0 spiro atoms. The molecular formula is C40H61N5O3. The molecule has 3 amide bonds. The SMILES string of the molecule is CN[C@@H](C(=O)N[C@H](C(=O)N(C)[C@H](C=C(C)C(=O)N1CCN(Cc2ccccc2)CC1)C(C)C)C(C)(C)C)C(C)(C)c1ccc(C)c(C)c1. The van der Waals surface area contributed by atoms with E-state index in [1.54, 1.807) is 19.0 Å². The van der Waals surface area contributed by atoms with Gasteiger partial charge in [0.25, 0.3) is 0 Å². The summed E-state index contributed by atoms with van der Waals surface area (Å²) in [6, 6.07) is 15.0. The van der Waals surface area contributed by atoms with Crippen LogP contribution in [0, 0.1) is 25.2 Å². The Kier molecular flexibility index (Phi) is 13.2. The summed E-state index contributed by atoms with van der Waals surface area (Å²) in [6.45, 7) is 24.0. The van der Waals surface area contributed by atoms with Crippen LogP contribution in [-0.4, -0.2) is 90.8 Å². The van der Waals surface area contributed by atoms with Crippen LogP contribution in [0.25, 0.3) is 0 Å². The summed E-state index contributed by atoms with van der Waals surface area (Å²) in [6.07, 6.45) is 1.93. The Morgan fingerprint density at radius 2 is 1.50 bits per heavy atom. The molecule has 3 atom stereocenters. The van der Waals surface area contributed by atoms with Crippen molar-refractivity contribution in [2.75, 3.05) is 40.3 Å². The van der Waals surface area contributed by atoms with E-state index in [0.717, 1.165) is 25.2 Å². The first kappa shape index (κ1) is 39.0. The molecule has 8 nitrogen and oxygen atoms in total. The molecule has 0 aliphatic carbocycles. The Balaban J connectivity index is 1.75. The summed E-state index contributed by atoms with van der Waals surface area (Å²) in [5.74, 6) is -0.349. The third-order valence-corrected chi connectivity index (χ3v) is 10.1. The fraction of sp³-hybridized carbons (Fsp3) is 0.575. The van der Waals surface area contributed by atoms with Gasteiger partial charge in [-0.1, -0.05) is 103 Å². The smallest absolute Gasteiger partial charge is 0.249 e. The van der Waals surface area contributed by atoms with E-state index in [-0.39, 0.29) is 29.7 Å². The maximum atomic E-state index is 14.3. The van der Waals surface area contributed by atoms with Crippen molar-refractivity contribution in [1.29, 1.82) is 0 Å². The van der Waals surface area contributed by atoms with Crippen LogP contribution in [0.2, 0.25) is 0 Å². The first-order valence-corrected chi connectivity index (χ1v) is 17.4. The van der Waals surface area contributed by atoms with Gasteiger partial charge in [-0.25, -0.2) is 0 Å². The Labute approximate surface area is 290 Å². The van der Waals surface area contributed by atoms with E-state index in [9.17, 15) is 14.4 Å². The van der Waals surface area contributed by atoms with Crippen LogP contribution in [0.15, 0.2) is 60.2 Å². The van der Waals surface area contributed by atoms with Crippen molar-refractivity contribution in [3.05, 3.63) is 82.4 Å². The van der Waals surface area contributed by atoms with Gasteiger partial charge in [0, 0.05) is 50.8 Å². The Morgan fingerprint density at radius 1 is 0.896 bits per heavy atom. The van der Waals surface area contributed by atoms with Crippen LogP contribution in [-0.2, 0) is 26.3 Å². The Bertz CT molecular complexity index is 1430. The summed E-state index contributed by atoms with van der Waals surface area (Å²) in [5, 5.41) is 6.37. The number of carbonyl (C=O) groups is 3. The number of aryl methyl sites for hydroxylation is 2. The lowest BCUT2D eigenvalue weighted by atomic mass is 9.76. The predicted octanol–water partition coefficient (Wildman–Crippen LogP) is 5.47. The lowest BCUT2D eigenvalue weighted by molar-refractivity contribution is -0.141.